The van der Waals surface area contributed by atoms with Crippen LogP contribution >= 0.6 is 0 Å². The van der Waals surface area contributed by atoms with Gasteiger partial charge in [-0.15, -0.1) is 0 Å². The van der Waals surface area contributed by atoms with Crippen molar-refractivity contribution in [2.45, 2.75) is 33.2 Å². The number of hydrogen-bond donors (Lipinski definition) is 2. The van der Waals surface area contributed by atoms with Crippen LogP contribution in [0.25, 0.3) is 0 Å². The van der Waals surface area contributed by atoms with Crippen LogP contribution in [-0.4, -0.2) is 42.2 Å². The third-order valence-electron chi connectivity index (χ3n) is 4.86. The minimum Gasteiger partial charge on any atom is -0.378 e. The monoisotopic (exact) mass is 370 g/mol. The molecule has 7 heteroatoms. The van der Waals surface area contributed by atoms with E-state index in [-0.39, 0.29) is 17.9 Å². The Morgan fingerprint density at radius 1 is 1.26 bits per heavy atom. The average Bonchev–Trinajstić information content (AvgIpc) is 2.67. The van der Waals surface area contributed by atoms with E-state index in [0.29, 0.717) is 56.5 Å². The molecule has 144 valence electrons. The molecule has 7 nitrogen and oxygen atoms in total. The van der Waals surface area contributed by atoms with Crippen molar-refractivity contribution in [2.75, 3.05) is 31.2 Å². The maximum atomic E-state index is 12.5. The van der Waals surface area contributed by atoms with Gasteiger partial charge in [-0.3, -0.25) is 14.6 Å². The standard InChI is InChI=1S/C20H26N4O3/c1-14-5-3-4-6-16(14)13-21-18(25)8-7-17-15(2)22-20(23-19(17)26)24-9-11-27-12-10-24/h3-6H,7-13H2,1-2H3,(H,21,25)(H,22,23,26). The zero-order valence-corrected chi connectivity index (χ0v) is 15.9. The Bertz CT molecular complexity index is 857. The molecule has 1 amide bonds. The largest absolute Gasteiger partial charge is 0.378 e. The third-order valence-corrected chi connectivity index (χ3v) is 4.86. The molecule has 1 aromatic carbocycles. The molecule has 2 heterocycles. The van der Waals surface area contributed by atoms with Crippen LogP contribution in [0.3, 0.4) is 0 Å². The fraction of sp³-hybridized carbons (Fsp3) is 0.450. The second kappa shape index (κ2) is 8.81. The van der Waals surface area contributed by atoms with Gasteiger partial charge in [-0.2, -0.15) is 0 Å². The maximum absolute atomic E-state index is 12.5. The number of H-pyrrole nitrogens is 1. The van der Waals surface area contributed by atoms with Crippen molar-refractivity contribution in [3.05, 3.63) is 57.0 Å². The molecule has 1 aliphatic heterocycles. The number of ether oxygens (including phenoxy) is 1. The quantitative estimate of drug-likeness (QED) is 0.804. The lowest BCUT2D eigenvalue weighted by Gasteiger charge is -2.27. The van der Waals surface area contributed by atoms with Crippen LogP contribution < -0.4 is 15.8 Å². The van der Waals surface area contributed by atoms with Crippen molar-refractivity contribution in [2.24, 2.45) is 0 Å². The van der Waals surface area contributed by atoms with Crippen molar-refractivity contribution >= 4 is 11.9 Å². The molecule has 0 spiro atoms. The Balaban J connectivity index is 1.58. The summed E-state index contributed by atoms with van der Waals surface area (Å²) in [7, 11) is 0. The van der Waals surface area contributed by atoms with Gasteiger partial charge in [0.25, 0.3) is 5.56 Å². The molecule has 1 fully saturated rings. The first-order valence-electron chi connectivity index (χ1n) is 9.28. The zero-order chi connectivity index (χ0) is 19.2. The van der Waals surface area contributed by atoms with Crippen LogP contribution in [0.1, 0.15) is 28.8 Å². The fourth-order valence-electron chi connectivity index (χ4n) is 3.14. The van der Waals surface area contributed by atoms with Crippen LogP contribution in [0, 0.1) is 13.8 Å². The predicted molar refractivity (Wildman–Crippen MR) is 104 cm³/mol. The van der Waals surface area contributed by atoms with E-state index in [1.165, 1.54) is 0 Å². The van der Waals surface area contributed by atoms with Crippen molar-refractivity contribution in [1.82, 2.24) is 15.3 Å². The average molecular weight is 370 g/mol. The first-order valence-corrected chi connectivity index (χ1v) is 9.28. The number of carbonyl (C=O) groups is 1. The van der Waals surface area contributed by atoms with Gasteiger partial charge in [0, 0.05) is 37.3 Å². The maximum Gasteiger partial charge on any atom is 0.255 e. The molecule has 0 atom stereocenters. The Kier molecular flexibility index (Phi) is 6.24. The molecule has 0 radical (unpaired) electrons. The van der Waals surface area contributed by atoms with Gasteiger partial charge in [0.1, 0.15) is 0 Å². The summed E-state index contributed by atoms with van der Waals surface area (Å²) in [6.45, 7) is 7.02. The van der Waals surface area contributed by atoms with Crippen molar-refractivity contribution in [1.29, 1.82) is 0 Å². The number of hydrogen-bond acceptors (Lipinski definition) is 5. The van der Waals surface area contributed by atoms with E-state index >= 15 is 0 Å². The Morgan fingerprint density at radius 3 is 2.70 bits per heavy atom. The first-order chi connectivity index (χ1) is 13.0. The third kappa shape index (κ3) is 4.95. The highest BCUT2D eigenvalue weighted by Crippen LogP contribution is 2.11. The molecule has 27 heavy (non-hydrogen) atoms. The fourth-order valence-corrected chi connectivity index (χ4v) is 3.14. The van der Waals surface area contributed by atoms with Crippen molar-refractivity contribution < 1.29 is 9.53 Å². The van der Waals surface area contributed by atoms with E-state index in [2.05, 4.69) is 15.3 Å². The summed E-state index contributed by atoms with van der Waals surface area (Å²) in [6.07, 6.45) is 0.631. The van der Waals surface area contributed by atoms with Gasteiger partial charge in [0.15, 0.2) is 0 Å². The zero-order valence-electron chi connectivity index (χ0n) is 15.9. The van der Waals surface area contributed by atoms with Crippen molar-refractivity contribution in [3.8, 4) is 0 Å². The molecule has 0 aliphatic carbocycles. The summed E-state index contributed by atoms with van der Waals surface area (Å²) in [4.78, 5) is 34.0. The van der Waals surface area contributed by atoms with Gasteiger partial charge in [0.2, 0.25) is 11.9 Å². The summed E-state index contributed by atoms with van der Waals surface area (Å²) in [5, 5.41) is 2.92. The molecule has 1 saturated heterocycles. The van der Waals surface area contributed by atoms with Crippen LogP contribution in [0.5, 0.6) is 0 Å². The molecular formula is C20H26N4O3. The van der Waals surface area contributed by atoms with Crippen LogP contribution in [0.15, 0.2) is 29.1 Å². The molecule has 1 aliphatic rings. The number of carbonyl (C=O) groups excluding carboxylic acids is 1. The molecule has 0 unspecified atom stereocenters. The number of aromatic nitrogens is 2. The van der Waals surface area contributed by atoms with Gasteiger partial charge < -0.3 is 15.0 Å². The number of amides is 1. The molecule has 0 bridgehead atoms. The van der Waals surface area contributed by atoms with E-state index in [9.17, 15) is 9.59 Å². The Labute approximate surface area is 158 Å². The van der Waals surface area contributed by atoms with Crippen LogP contribution in [0.4, 0.5) is 5.95 Å². The van der Waals surface area contributed by atoms with Crippen molar-refractivity contribution in [3.63, 3.8) is 0 Å². The molecule has 2 aromatic rings. The number of rotatable bonds is 6. The molecule has 0 saturated carbocycles. The SMILES string of the molecule is Cc1ccccc1CNC(=O)CCc1c(C)nc(N2CCOCC2)[nH]c1=O. The minimum atomic E-state index is -0.171. The van der Waals surface area contributed by atoms with E-state index in [4.69, 9.17) is 4.74 Å². The number of aryl methyl sites for hydroxylation is 2. The summed E-state index contributed by atoms with van der Waals surface area (Å²) < 4.78 is 5.33. The van der Waals surface area contributed by atoms with Gasteiger partial charge in [0.05, 0.1) is 13.2 Å². The number of aromatic amines is 1. The van der Waals surface area contributed by atoms with Gasteiger partial charge >= 0.3 is 0 Å². The lowest BCUT2D eigenvalue weighted by molar-refractivity contribution is -0.121. The number of benzene rings is 1. The predicted octanol–water partition coefficient (Wildman–Crippen LogP) is 1.47. The van der Waals surface area contributed by atoms with Gasteiger partial charge in [-0.05, 0) is 31.4 Å². The topological polar surface area (TPSA) is 87.3 Å². The number of morpholine rings is 1. The summed E-state index contributed by atoms with van der Waals surface area (Å²) in [5.41, 5.74) is 3.31. The number of anilines is 1. The Morgan fingerprint density at radius 2 is 2.00 bits per heavy atom. The highest BCUT2D eigenvalue weighted by molar-refractivity contribution is 5.76. The minimum absolute atomic E-state index is 0.0747. The molecule has 3 rings (SSSR count). The van der Waals surface area contributed by atoms with E-state index in [0.717, 1.165) is 11.1 Å². The second-order valence-corrected chi connectivity index (χ2v) is 6.76. The lowest BCUT2D eigenvalue weighted by atomic mass is 10.1. The van der Waals surface area contributed by atoms with Crippen LogP contribution in [-0.2, 0) is 22.5 Å². The summed E-state index contributed by atoms with van der Waals surface area (Å²) in [6, 6.07) is 7.95. The first kappa shape index (κ1) is 19.1. The Hall–Kier alpha value is -2.67. The van der Waals surface area contributed by atoms with Crippen LogP contribution in [0.2, 0.25) is 0 Å². The van der Waals surface area contributed by atoms with E-state index in [1.807, 2.05) is 43.0 Å². The number of nitrogens with one attached hydrogen (secondary N) is 2. The van der Waals surface area contributed by atoms with Gasteiger partial charge in [-0.1, -0.05) is 24.3 Å². The smallest absolute Gasteiger partial charge is 0.255 e. The molecular weight excluding hydrogens is 344 g/mol. The second-order valence-electron chi connectivity index (χ2n) is 6.76. The summed E-state index contributed by atoms with van der Waals surface area (Å²) in [5.74, 6) is 0.503. The van der Waals surface area contributed by atoms with Gasteiger partial charge in [-0.25, -0.2) is 4.98 Å². The molecule has 2 N–H and O–H groups in total. The number of nitrogens with zero attached hydrogens (tertiary/aromatic N) is 2. The molecule has 1 aromatic heterocycles. The lowest BCUT2D eigenvalue weighted by Crippen LogP contribution is -2.38. The van der Waals surface area contributed by atoms with E-state index in [1.54, 1.807) is 0 Å². The normalized spacial score (nSPS) is 14.2. The highest BCUT2D eigenvalue weighted by atomic mass is 16.5. The summed E-state index contributed by atoms with van der Waals surface area (Å²) >= 11 is 0. The van der Waals surface area contributed by atoms with E-state index < -0.39 is 0 Å². The highest BCUT2D eigenvalue weighted by Gasteiger charge is 2.16.